The summed E-state index contributed by atoms with van der Waals surface area (Å²) < 4.78 is 2.15. The van der Waals surface area contributed by atoms with Crippen LogP contribution in [0.15, 0.2) is 30.3 Å². The number of anilines is 2. The minimum Gasteiger partial charge on any atom is -0.399 e. The number of nitrogens with one attached hydrogen (secondary N) is 1. The average molecular weight is 268 g/mol. The second-order valence-electron chi connectivity index (χ2n) is 6.12. The number of rotatable bonds is 2. The quantitative estimate of drug-likeness (QED) is 0.823. The van der Waals surface area contributed by atoms with Gasteiger partial charge in [0.1, 0.15) is 5.82 Å². The lowest BCUT2D eigenvalue weighted by atomic mass is 10.0. The molecular formula is C16H20N4. The third-order valence-corrected chi connectivity index (χ3v) is 4.56. The Bertz CT molecular complexity index is 646. The molecule has 20 heavy (non-hydrogen) atoms. The Morgan fingerprint density at radius 3 is 2.95 bits per heavy atom. The largest absolute Gasteiger partial charge is 0.399 e. The molecule has 3 unspecified atom stereocenters. The summed E-state index contributed by atoms with van der Waals surface area (Å²) in [7, 11) is 0. The summed E-state index contributed by atoms with van der Waals surface area (Å²) in [6, 6.07) is 10.7. The molecule has 0 radical (unpaired) electrons. The molecule has 104 valence electrons. The SMILES string of the molecule is CC1CC1c1cc2n(n1)C(c1cccc(N)c1)CCN2. The van der Waals surface area contributed by atoms with Crippen LogP contribution in [0.1, 0.15) is 43.0 Å². The molecule has 1 saturated carbocycles. The Balaban J connectivity index is 1.72. The Labute approximate surface area is 119 Å². The molecule has 1 fully saturated rings. The Morgan fingerprint density at radius 1 is 1.35 bits per heavy atom. The van der Waals surface area contributed by atoms with Crippen molar-refractivity contribution >= 4 is 11.5 Å². The van der Waals surface area contributed by atoms with E-state index in [4.69, 9.17) is 10.8 Å². The summed E-state index contributed by atoms with van der Waals surface area (Å²) in [6.45, 7) is 3.29. The molecule has 1 aliphatic carbocycles. The monoisotopic (exact) mass is 268 g/mol. The summed E-state index contributed by atoms with van der Waals surface area (Å²) in [4.78, 5) is 0. The predicted octanol–water partition coefficient (Wildman–Crippen LogP) is 2.99. The van der Waals surface area contributed by atoms with Crippen molar-refractivity contribution in [1.82, 2.24) is 9.78 Å². The summed E-state index contributed by atoms with van der Waals surface area (Å²) in [5, 5.41) is 8.33. The number of nitrogen functional groups attached to an aromatic ring is 1. The summed E-state index contributed by atoms with van der Waals surface area (Å²) in [6.07, 6.45) is 2.33. The van der Waals surface area contributed by atoms with E-state index in [2.05, 4.69) is 35.1 Å². The fourth-order valence-corrected chi connectivity index (χ4v) is 3.23. The smallest absolute Gasteiger partial charge is 0.125 e. The Morgan fingerprint density at radius 2 is 2.20 bits per heavy atom. The first kappa shape index (κ1) is 11.8. The van der Waals surface area contributed by atoms with Gasteiger partial charge >= 0.3 is 0 Å². The zero-order valence-electron chi connectivity index (χ0n) is 11.7. The number of fused-ring (bicyclic) bond motifs is 1. The van der Waals surface area contributed by atoms with Crippen LogP contribution in [0.25, 0.3) is 0 Å². The number of hydrogen-bond donors (Lipinski definition) is 2. The molecule has 2 aliphatic rings. The highest BCUT2D eigenvalue weighted by Gasteiger charge is 2.37. The average Bonchev–Trinajstić information content (AvgIpc) is 3.01. The van der Waals surface area contributed by atoms with Crippen molar-refractivity contribution in [2.24, 2.45) is 5.92 Å². The van der Waals surface area contributed by atoms with Gasteiger partial charge in [-0.2, -0.15) is 5.10 Å². The van der Waals surface area contributed by atoms with E-state index in [-0.39, 0.29) is 0 Å². The number of nitrogens with two attached hydrogens (primary N) is 1. The maximum atomic E-state index is 5.92. The van der Waals surface area contributed by atoms with Crippen LogP contribution in [-0.2, 0) is 0 Å². The molecule has 0 bridgehead atoms. The third kappa shape index (κ3) is 1.87. The van der Waals surface area contributed by atoms with Crippen LogP contribution >= 0.6 is 0 Å². The van der Waals surface area contributed by atoms with Gasteiger partial charge in [0.05, 0.1) is 11.7 Å². The number of hydrogen-bond acceptors (Lipinski definition) is 3. The first-order chi connectivity index (χ1) is 9.72. The molecule has 3 N–H and O–H groups in total. The van der Waals surface area contributed by atoms with E-state index in [0.29, 0.717) is 12.0 Å². The van der Waals surface area contributed by atoms with Crippen LogP contribution in [0.2, 0.25) is 0 Å². The Hall–Kier alpha value is -1.97. The van der Waals surface area contributed by atoms with Crippen LogP contribution in [0.3, 0.4) is 0 Å². The molecule has 1 aliphatic heterocycles. The summed E-state index contributed by atoms with van der Waals surface area (Å²) in [5.41, 5.74) is 9.25. The maximum absolute atomic E-state index is 5.92. The van der Waals surface area contributed by atoms with Gasteiger partial charge in [-0.1, -0.05) is 19.1 Å². The van der Waals surface area contributed by atoms with Crippen molar-refractivity contribution in [2.75, 3.05) is 17.6 Å². The number of aromatic nitrogens is 2. The van der Waals surface area contributed by atoms with Crippen molar-refractivity contribution in [3.05, 3.63) is 41.6 Å². The molecule has 0 spiro atoms. The van der Waals surface area contributed by atoms with E-state index >= 15 is 0 Å². The van der Waals surface area contributed by atoms with E-state index in [1.807, 2.05) is 12.1 Å². The zero-order valence-corrected chi connectivity index (χ0v) is 11.7. The van der Waals surface area contributed by atoms with Gasteiger partial charge in [0.15, 0.2) is 0 Å². The van der Waals surface area contributed by atoms with Crippen LogP contribution in [0, 0.1) is 5.92 Å². The second-order valence-corrected chi connectivity index (χ2v) is 6.12. The molecule has 0 amide bonds. The lowest BCUT2D eigenvalue weighted by Crippen LogP contribution is -2.24. The minimum absolute atomic E-state index is 0.303. The topological polar surface area (TPSA) is 55.9 Å². The van der Waals surface area contributed by atoms with E-state index in [9.17, 15) is 0 Å². The predicted molar refractivity (Wildman–Crippen MR) is 80.8 cm³/mol. The summed E-state index contributed by atoms with van der Waals surface area (Å²) >= 11 is 0. The van der Waals surface area contributed by atoms with Gasteiger partial charge in [-0.25, -0.2) is 4.68 Å². The van der Waals surface area contributed by atoms with Crippen LogP contribution in [0.4, 0.5) is 11.5 Å². The number of benzene rings is 1. The van der Waals surface area contributed by atoms with E-state index in [1.54, 1.807) is 0 Å². The first-order valence-corrected chi connectivity index (χ1v) is 7.41. The fraction of sp³-hybridized carbons (Fsp3) is 0.438. The van der Waals surface area contributed by atoms with Gasteiger partial charge in [-0.15, -0.1) is 0 Å². The zero-order chi connectivity index (χ0) is 13.7. The first-order valence-electron chi connectivity index (χ1n) is 7.41. The molecule has 3 atom stereocenters. The lowest BCUT2D eigenvalue weighted by Gasteiger charge is -2.26. The molecule has 2 aromatic rings. The van der Waals surface area contributed by atoms with Crippen molar-refractivity contribution in [2.45, 2.75) is 31.7 Å². The standard InChI is InChI=1S/C16H20N4/c1-10-7-13(10)14-9-16-18-6-5-15(20(16)19-14)11-3-2-4-12(17)8-11/h2-4,8-10,13,15,18H,5-7,17H2,1H3. The highest BCUT2D eigenvalue weighted by molar-refractivity contribution is 5.46. The molecule has 0 saturated heterocycles. The van der Waals surface area contributed by atoms with Crippen LogP contribution < -0.4 is 11.1 Å². The van der Waals surface area contributed by atoms with Crippen molar-refractivity contribution in [3.8, 4) is 0 Å². The van der Waals surface area contributed by atoms with E-state index in [0.717, 1.165) is 30.4 Å². The molecule has 1 aromatic heterocycles. The van der Waals surface area contributed by atoms with E-state index < -0.39 is 0 Å². The van der Waals surface area contributed by atoms with Crippen molar-refractivity contribution in [1.29, 1.82) is 0 Å². The van der Waals surface area contributed by atoms with Gasteiger partial charge in [0.2, 0.25) is 0 Å². The normalized spacial score (nSPS) is 27.8. The molecule has 4 rings (SSSR count). The van der Waals surface area contributed by atoms with Gasteiger partial charge in [0.25, 0.3) is 0 Å². The van der Waals surface area contributed by atoms with Gasteiger partial charge in [-0.3, -0.25) is 0 Å². The van der Waals surface area contributed by atoms with E-state index in [1.165, 1.54) is 17.7 Å². The molecular weight excluding hydrogens is 248 g/mol. The minimum atomic E-state index is 0.303. The van der Waals surface area contributed by atoms with Crippen molar-refractivity contribution in [3.63, 3.8) is 0 Å². The molecule has 4 nitrogen and oxygen atoms in total. The van der Waals surface area contributed by atoms with Gasteiger partial charge < -0.3 is 11.1 Å². The van der Waals surface area contributed by atoms with Gasteiger partial charge in [-0.05, 0) is 36.5 Å². The van der Waals surface area contributed by atoms with Gasteiger partial charge in [0, 0.05) is 24.2 Å². The van der Waals surface area contributed by atoms with Crippen LogP contribution in [-0.4, -0.2) is 16.3 Å². The Kier molecular flexibility index (Phi) is 2.52. The molecule has 4 heteroatoms. The highest BCUT2D eigenvalue weighted by Crippen LogP contribution is 2.47. The summed E-state index contributed by atoms with van der Waals surface area (Å²) in [5.74, 6) is 2.60. The third-order valence-electron chi connectivity index (χ3n) is 4.56. The lowest BCUT2D eigenvalue weighted by molar-refractivity contribution is 0.478. The van der Waals surface area contributed by atoms with Crippen molar-refractivity contribution < 1.29 is 0 Å². The second kappa shape index (κ2) is 4.27. The number of nitrogens with zero attached hydrogens (tertiary/aromatic N) is 2. The van der Waals surface area contributed by atoms with Crippen LogP contribution in [0.5, 0.6) is 0 Å². The highest BCUT2D eigenvalue weighted by atomic mass is 15.4. The fourth-order valence-electron chi connectivity index (χ4n) is 3.23. The molecule has 1 aromatic carbocycles. The molecule has 2 heterocycles. The maximum Gasteiger partial charge on any atom is 0.125 e.